The minimum absolute atomic E-state index is 0.0401. The van der Waals surface area contributed by atoms with Crippen LogP contribution in [0, 0.1) is 6.92 Å². The van der Waals surface area contributed by atoms with Gasteiger partial charge in [0, 0.05) is 37.7 Å². The largest absolute Gasteiger partial charge is 0.443 e. The van der Waals surface area contributed by atoms with Crippen LogP contribution in [0.4, 0.5) is 5.69 Å². The van der Waals surface area contributed by atoms with Crippen molar-refractivity contribution in [2.45, 2.75) is 29.8 Å². The van der Waals surface area contributed by atoms with Gasteiger partial charge in [-0.1, -0.05) is 24.3 Å². The van der Waals surface area contributed by atoms with E-state index in [9.17, 15) is 17.4 Å². The Morgan fingerprint density at radius 1 is 1.13 bits per heavy atom. The van der Waals surface area contributed by atoms with E-state index in [1.165, 1.54) is 11.0 Å². The Balaban J connectivity index is 1.82. The molecule has 3 aromatic rings. The number of nitrogens with one attached hydrogen (secondary N) is 1. The van der Waals surface area contributed by atoms with Crippen molar-refractivity contribution in [2.75, 3.05) is 24.6 Å². The highest BCUT2D eigenvalue weighted by Crippen LogP contribution is 2.28. The number of anilines is 1. The first-order valence-corrected chi connectivity index (χ1v) is 12.2. The predicted molar refractivity (Wildman–Crippen MR) is 117 cm³/mol. The lowest BCUT2D eigenvalue weighted by atomic mass is 10.2. The van der Waals surface area contributed by atoms with E-state index >= 15 is 0 Å². The highest BCUT2D eigenvalue weighted by Gasteiger charge is 2.22. The van der Waals surface area contributed by atoms with Crippen LogP contribution in [0.1, 0.15) is 18.4 Å². The molecule has 0 aliphatic rings. The lowest BCUT2D eigenvalue weighted by Gasteiger charge is -2.13. The zero-order chi connectivity index (χ0) is 21.9. The van der Waals surface area contributed by atoms with Crippen LogP contribution in [0.3, 0.4) is 0 Å². The molecule has 0 fully saturated rings. The summed E-state index contributed by atoms with van der Waals surface area (Å²) in [5.74, 6) is 0.212. The quantitative estimate of drug-likeness (QED) is 0.569. The molecule has 0 spiro atoms. The van der Waals surface area contributed by atoms with Crippen molar-refractivity contribution >= 4 is 43.4 Å². The number of nitrogens with zero attached hydrogens (tertiary/aromatic N) is 1. The van der Waals surface area contributed by atoms with E-state index < -0.39 is 20.8 Å². The normalized spacial score (nSPS) is 12.6. The second kappa shape index (κ2) is 9.01. The number of hydrogen-bond donors (Lipinski definition) is 1. The molecule has 1 heterocycles. The van der Waals surface area contributed by atoms with Crippen LogP contribution in [-0.4, -0.2) is 43.3 Å². The second-order valence-corrected chi connectivity index (χ2v) is 10.3. The van der Waals surface area contributed by atoms with Crippen molar-refractivity contribution in [2.24, 2.45) is 0 Å². The van der Waals surface area contributed by atoms with Crippen LogP contribution in [0.5, 0.6) is 0 Å². The van der Waals surface area contributed by atoms with Gasteiger partial charge in [0.15, 0.2) is 0 Å². The van der Waals surface area contributed by atoms with Gasteiger partial charge in [0.1, 0.15) is 5.58 Å². The summed E-state index contributed by atoms with van der Waals surface area (Å²) < 4.78 is 46.6. The topological polar surface area (TPSA) is 96.7 Å². The highest BCUT2D eigenvalue weighted by molar-refractivity contribution is 7.92. The first kappa shape index (κ1) is 22.0. The number of sulfonamides is 1. The Morgan fingerprint density at radius 2 is 1.87 bits per heavy atom. The molecule has 0 radical (unpaired) electrons. The standard InChI is InChI=1S/C21H24N2O5S2/c1-15-10-11-19(29(25)12-6-9-20(24)23(2)3)17(13-15)22-30(26,27)21-14-16-7-4-5-8-18(16)28-21/h4-5,7-8,10-11,13-14,22H,6,9,12H2,1-3H3. The van der Waals surface area contributed by atoms with E-state index in [0.29, 0.717) is 22.3 Å². The SMILES string of the molecule is Cc1ccc(S(=O)CCCC(=O)N(C)C)c(NS(=O)(=O)c2cc3ccccc3o2)c1. The van der Waals surface area contributed by atoms with Gasteiger partial charge >= 0.3 is 0 Å². The van der Waals surface area contributed by atoms with Gasteiger partial charge in [-0.3, -0.25) is 13.7 Å². The number of para-hydroxylation sites is 1. The monoisotopic (exact) mass is 448 g/mol. The first-order valence-electron chi connectivity index (χ1n) is 9.38. The van der Waals surface area contributed by atoms with Gasteiger partial charge in [0.2, 0.25) is 11.0 Å². The summed E-state index contributed by atoms with van der Waals surface area (Å²) in [5.41, 5.74) is 1.53. The maximum atomic E-state index is 12.9. The molecule has 2 aromatic carbocycles. The fraction of sp³-hybridized carbons (Fsp3) is 0.286. The molecular formula is C21H24N2O5S2. The van der Waals surface area contributed by atoms with E-state index in [4.69, 9.17) is 4.42 Å². The van der Waals surface area contributed by atoms with Gasteiger partial charge < -0.3 is 9.32 Å². The minimum Gasteiger partial charge on any atom is -0.443 e. The summed E-state index contributed by atoms with van der Waals surface area (Å²) >= 11 is 0. The van der Waals surface area contributed by atoms with Gasteiger partial charge in [0.25, 0.3) is 10.0 Å². The number of carbonyl (C=O) groups excluding carboxylic acids is 1. The molecule has 9 heteroatoms. The van der Waals surface area contributed by atoms with Gasteiger partial charge in [-0.15, -0.1) is 0 Å². The molecule has 0 saturated heterocycles. The average molecular weight is 449 g/mol. The fourth-order valence-corrected chi connectivity index (χ4v) is 5.20. The summed E-state index contributed by atoms with van der Waals surface area (Å²) in [6, 6.07) is 13.5. The molecule has 30 heavy (non-hydrogen) atoms. The Labute approximate surface area is 178 Å². The molecule has 0 bridgehead atoms. The molecule has 0 aliphatic carbocycles. The summed E-state index contributed by atoms with van der Waals surface area (Å²) in [6.07, 6.45) is 0.720. The van der Waals surface area contributed by atoms with Gasteiger partial charge in [-0.05, 0) is 37.1 Å². The van der Waals surface area contributed by atoms with Crippen molar-refractivity contribution in [1.29, 1.82) is 0 Å². The van der Waals surface area contributed by atoms with Crippen molar-refractivity contribution < 1.29 is 21.8 Å². The molecule has 1 unspecified atom stereocenters. The van der Waals surface area contributed by atoms with Crippen molar-refractivity contribution in [3.63, 3.8) is 0 Å². The Hall–Kier alpha value is -2.65. The molecule has 3 rings (SSSR count). The zero-order valence-corrected chi connectivity index (χ0v) is 18.7. The zero-order valence-electron chi connectivity index (χ0n) is 17.0. The van der Waals surface area contributed by atoms with Crippen LogP contribution >= 0.6 is 0 Å². The van der Waals surface area contributed by atoms with Gasteiger partial charge in [0.05, 0.1) is 21.4 Å². The molecule has 1 aromatic heterocycles. The van der Waals surface area contributed by atoms with Gasteiger partial charge in [-0.2, -0.15) is 8.42 Å². The van der Waals surface area contributed by atoms with Crippen LogP contribution in [0.15, 0.2) is 62.9 Å². The van der Waals surface area contributed by atoms with Crippen LogP contribution in [0.2, 0.25) is 0 Å². The number of carbonyl (C=O) groups is 1. The lowest BCUT2D eigenvalue weighted by molar-refractivity contribution is -0.128. The first-order chi connectivity index (χ1) is 14.2. The van der Waals surface area contributed by atoms with E-state index in [-0.39, 0.29) is 28.9 Å². The van der Waals surface area contributed by atoms with Crippen molar-refractivity contribution in [3.05, 3.63) is 54.1 Å². The third-order valence-electron chi connectivity index (χ3n) is 4.51. The smallest absolute Gasteiger partial charge is 0.295 e. The molecule has 1 atom stereocenters. The maximum Gasteiger partial charge on any atom is 0.295 e. The third kappa shape index (κ3) is 5.09. The average Bonchev–Trinajstić information content (AvgIpc) is 3.13. The fourth-order valence-electron chi connectivity index (χ4n) is 2.90. The highest BCUT2D eigenvalue weighted by atomic mass is 32.2. The van der Waals surface area contributed by atoms with Crippen LogP contribution in [0.25, 0.3) is 11.0 Å². The number of furan rings is 1. The number of hydrogen-bond acceptors (Lipinski definition) is 5. The Bertz CT molecular complexity index is 1170. The van der Waals surface area contributed by atoms with E-state index in [1.54, 1.807) is 56.6 Å². The number of fused-ring (bicyclic) bond motifs is 1. The number of amides is 1. The van der Waals surface area contributed by atoms with E-state index in [0.717, 1.165) is 5.56 Å². The Kier molecular flexibility index (Phi) is 6.62. The second-order valence-electron chi connectivity index (χ2n) is 7.15. The van der Waals surface area contributed by atoms with Gasteiger partial charge in [-0.25, -0.2) is 0 Å². The summed E-state index contributed by atoms with van der Waals surface area (Å²) in [7, 11) is -2.13. The van der Waals surface area contributed by atoms with E-state index in [2.05, 4.69) is 4.72 Å². The Morgan fingerprint density at radius 3 is 2.57 bits per heavy atom. The third-order valence-corrected chi connectivity index (χ3v) is 7.24. The maximum absolute atomic E-state index is 12.9. The molecule has 0 aliphatic heterocycles. The summed E-state index contributed by atoms with van der Waals surface area (Å²) in [6.45, 7) is 1.82. The summed E-state index contributed by atoms with van der Waals surface area (Å²) in [4.78, 5) is 13.6. The summed E-state index contributed by atoms with van der Waals surface area (Å²) in [5, 5.41) is 0.468. The molecular weight excluding hydrogens is 424 g/mol. The number of aryl methyl sites for hydroxylation is 1. The molecule has 1 N–H and O–H groups in total. The van der Waals surface area contributed by atoms with Crippen LogP contribution in [-0.2, 0) is 25.6 Å². The van der Waals surface area contributed by atoms with Crippen molar-refractivity contribution in [3.8, 4) is 0 Å². The number of benzene rings is 2. The molecule has 1 amide bonds. The minimum atomic E-state index is -4.01. The lowest BCUT2D eigenvalue weighted by Crippen LogP contribution is -2.21. The molecule has 7 nitrogen and oxygen atoms in total. The van der Waals surface area contributed by atoms with Crippen LogP contribution < -0.4 is 4.72 Å². The van der Waals surface area contributed by atoms with Crippen molar-refractivity contribution in [1.82, 2.24) is 4.90 Å². The van der Waals surface area contributed by atoms with E-state index in [1.807, 2.05) is 6.92 Å². The predicted octanol–water partition coefficient (Wildman–Crippen LogP) is 3.52. The molecule has 160 valence electrons. The number of rotatable bonds is 8. The molecule has 0 saturated carbocycles.